The fourth-order valence-electron chi connectivity index (χ4n) is 5.44. The molecule has 6 atom stereocenters. The molecule has 0 spiro atoms. The first-order valence-corrected chi connectivity index (χ1v) is 14.1. The summed E-state index contributed by atoms with van der Waals surface area (Å²) in [6, 6.07) is -0.208. The molecule has 3 heterocycles. The van der Waals surface area contributed by atoms with E-state index in [0.29, 0.717) is 23.9 Å². The van der Waals surface area contributed by atoms with Gasteiger partial charge in [0.2, 0.25) is 11.8 Å². The highest BCUT2D eigenvalue weighted by Crippen LogP contribution is 2.47. The maximum atomic E-state index is 13.9. The lowest BCUT2D eigenvalue weighted by Gasteiger charge is -2.48. The number of carbonyl (C=O) groups excluding carboxylic acids is 1. The zero-order valence-corrected chi connectivity index (χ0v) is 22.9. The number of nitrogens with zero attached hydrogens (tertiary/aromatic N) is 4. The molecule has 0 bridgehead atoms. The summed E-state index contributed by atoms with van der Waals surface area (Å²) in [5.41, 5.74) is -4.09. The van der Waals surface area contributed by atoms with Crippen LogP contribution in [0.3, 0.4) is 0 Å². The van der Waals surface area contributed by atoms with E-state index >= 15 is 0 Å². The molecule has 1 unspecified atom stereocenters. The summed E-state index contributed by atoms with van der Waals surface area (Å²) in [7, 11) is 0. The average Bonchev–Trinajstić information content (AvgIpc) is 3.41. The van der Waals surface area contributed by atoms with Crippen LogP contribution in [0.1, 0.15) is 31.7 Å². The smallest absolute Gasteiger partial charge is 0.282 e. The van der Waals surface area contributed by atoms with Crippen LogP contribution >= 0.6 is 11.8 Å². The Morgan fingerprint density at radius 2 is 1.63 bits per heavy atom. The van der Waals surface area contributed by atoms with Gasteiger partial charge in [-0.05, 0) is 25.0 Å². The molecule has 5 rings (SSSR count). The topological polar surface area (TPSA) is 141 Å². The van der Waals surface area contributed by atoms with Crippen LogP contribution in [0.4, 0.5) is 30.7 Å². The van der Waals surface area contributed by atoms with Crippen LogP contribution in [0, 0.1) is 17.5 Å². The maximum absolute atomic E-state index is 13.9. The average molecular weight is 645 g/mol. The number of ether oxygens (including phenoxy) is 1. The van der Waals surface area contributed by atoms with Crippen molar-refractivity contribution in [2.45, 2.75) is 78.2 Å². The Labute approximate surface area is 243 Å². The van der Waals surface area contributed by atoms with Gasteiger partial charge in [-0.25, -0.2) is 35.4 Å². The third-order valence-corrected chi connectivity index (χ3v) is 9.50. The number of benzene rings is 1. The van der Waals surface area contributed by atoms with E-state index in [9.17, 15) is 56.0 Å². The fraction of sp³-hybridized carbons (Fsp3) is 0.640. The maximum Gasteiger partial charge on any atom is 0.282 e. The zero-order chi connectivity index (χ0) is 31.5. The first-order valence-electron chi connectivity index (χ1n) is 13.2. The second-order valence-electron chi connectivity index (χ2n) is 11.1. The Morgan fingerprint density at radius 3 is 2.19 bits per heavy atom. The molecule has 1 aromatic carbocycles. The van der Waals surface area contributed by atoms with Crippen molar-refractivity contribution in [2.75, 3.05) is 19.7 Å². The molecule has 238 valence electrons. The standard InChI is InChI=1S/C25H27F7N4O6S/c26-12-5-11(6-13(27)16(12)28)14-7-36(34-33-14)17-18(38)15(8-37)42-22(19(17)39)43-20(21(40)35-9-25(31,32)10-35)23(41)1-3-24(29,30)4-2-23/h5-7,15,17-20,22,37-39,41H,1-4,8-10H2/t15-,17+,18+,19-,20?,22+/m1/s1. The normalized spacial score (nSPS) is 30.5. The summed E-state index contributed by atoms with van der Waals surface area (Å²) in [4.78, 5) is 14.1. The van der Waals surface area contributed by atoms with Gasteiger partial charge in [-0.3, -0.25) is 4.79 Å². The van der Waals surface area contributed by atoms with E-state index < -0.39 is 121 Å². The Bertz CT molecular complexity index is 1330. The SMILES string of the molecule is O=C(C(S[C@@H]1O[C@H](CO)[C@H](O)[C@H](n2cc(-c3cc(F)c(F)c(F)c3)nn2)[C@H]1O)C1(O)CCC(F)(F)CC1)N1CC(F)(F)C1. The van der Waals surface area contributed by atoms with Gasteiger partial charge in [-0.15, -0.1) is 16.9 Å². The summed E-state index contributed by atoms with van der Waals surface area (Å²) in [5.74, 6) is -12.0. The predicted molar refractivity (Wildman–Crippen MR) is 133 cm³/mol. The monoisotopic (exact) mass is 644 g/mol. The molecule has 2 aromatic rings. The summed E-state index contributed by atoms with van der Waals surface area (Å²) in [6.07, 6.45) is -6.57. The highest BCUT2D eigenvalue weighted by Gasteiger charge is 2.56. The van der Waals surface area contributed by atoms with E-state index in [-0.39, 0.29) is 11.3 Å². The van der Waals surface area contributed by atoms with Crippen LogP contribution in [-0.2, 0) is 9.53 Å². The van der Waals surface area contributed by atoms with Gasteiger partial charge in [0.1, 0.15) is 40.7 Å². The van der Waals surface area contributed by atoms with E-state index in [1.165, 1.54) is 0 Å². The van der Waals surface area contributed by atoms with Crippen LogP contribution in [0.15, 0.2) is 18.3 Å². The minimum atomic E-state index is -3.17. The number of alkyl halides is 4. The van der Waals surface area contributed by atoms with Gasteiger partial charge < -0.3 is 30.1 Å². The molecule has 10 nitrogen and oxygen atoms in total. The van der Waals surface area contributed by atoms with Gasteiger partial charge in [-0.1, -0.05) is 5.21 Å². The molecule has 2 aliphatic heterocycles. The molecular weight excluding hydrogens is 617 g/mol. The lowest BCUT2D eigenvalue weighted by Crippen LogP contribution is -2.64. The largest absolute Gasteiger partial charge is 0.394 e. The number of likely N-dealkylation sites (tertiary alicyclic amines) is 1. The molecule has 0 radical (unpaired) electrons. The Hall–Kier alpha value is -2.51. The highest BCUT2D eigenvalue weighted by molar-refractivity contribution is 8.01. The third-order valence-electron chi connectivity index (χ3n) is 7.93. The number of hydrogen-bond donors (Lipinski definition) is 4. The first kappa shape index (κ1) is 31.9. The molecule has 18 heteroatoms. The van der Waals surface area contributed by atoms with Crippen LogP contribution in [0.25, 0.3) is 11.3 Å². The van der Waals surface area contributed by atoms with E-state index in [1.54, 1.807) is 0 Å². The molecule has 3 fully saturated rings. The van der Waals surface area contributed by atoms with Crippen molar-refractivity contribution in [1.82, 2.24) is 19.9 Å². The van der Waals surface area contributed by atoms with Gasteiger partial charge >= 0.3 is 0 Å². The van der Waals surface area contributed by atoms with E-state index in [0.717, 1.165) is 15.8 Å². The molecule has 1 saturated carbocycles. The van der Waals surface area contributed by atoms with Crippen molar-refractivity contribution in [3.63, 3.8) is 0 Å². The lowest BCUT2D eigenvalue weighted by molar-refractivity contribution is -0.180. The predicted octanol–water partition coefficient (Wildman–Crippen LogP) is 1.86. The van der Waals surface area contributed by atoms with Crippen molar-refractivity contribution in [3.8, 4) is 11.3 Å². The first-order chi connectivity index (χ1) is 20.0. The number of halogens is 7. The van der Waals surface area contributed by atoms with Crippen molar-refractivity contribution in [3.05, 3.63) is 35.8 Å². The molecule has 3 aliphatic rings. The van der Waals surface area contributed by atoms with Gasteiger partial charge in [0.05, 0.1) is 31.5 Å². The number of rotatable bonds is 7. The molecule has 2 saturated heterocycles. The molecule has 1 amide bonds. The van der Waals surface area contributed by atoms with E-state index in [1.807, 2.05) is 0 Å². The number of aromatic nitrogens is 3. The molecule has 4 N–H and O–H groups in total. The summed E-state index contributed by atoms with van der Waals surface area (Å²) in [5, 5.41) is 49.2. The summed E-state index contributed by atoms with van der Waals surface area (Å²) in [6.45, 7) is -2.75. The Kier molecular flexibility index (Phi) is 8.49. The van der Waals surface area contributed by atoms with Crippen molar-refractivity contribution < 1.29 is 60.7 Å². The van der Waals surface area contributed by atoms with E-state index in [2.05, 4.69) is 10.3 Å². The number of thioether (sulfide) groups is 1. The fourth-order valence-corrected chi connectivity index (χ4v) is 7.00. The summed E-state index contributed by atoms with van der Waals surface area (Å²) >= 11 is 0.466. The molecule has 1 aliphatic carbocycles. The van der Waals surface area contributed by atoms with Gasteiger partial charge in [0.15, 0.2) is 17.5 Å². The van der Waals surface area contributed by atoms with Crippen LogP contribution in [-0.4, -0.2) is 112 Å². The quantitative estimate of drug-likeness (QED) is 0.263. The number of hydrogen-bond acceptors (Lipinski definition) is 9. The minimum absolute atomic E-state index is 0.197. The number of carbonyl (C=O) groups is 1. The zero-order valence-electron chi connectivity index (χ0n) is 22.1. The lowest BCUT2D eigenvalue weighted by atomic mass is 9.79. The Balaban J connectivity index is 1.43. The summed E-state index contributed by atoms with van der Waals surface area (Å²) < 4.78 is 102. The number of aliphatic hydroxyl groups excluding tert-OH is 3. The Morgan fingerprint density at radius 1 is 1.02 bits per heavy atom. The van der Waals surface area contributed by atoms with Crippen molar-refractivity contribution >= 4 is 17.7 Å². The van der Waals surface area contributed by atoms with Crippen LogP contribution in [0.5, 0.6) is 0 Å². The second kappa shape index (κ2) is 11.4. The molecule has 1 aromatic heterocycles. The van der Waals surface area contributed by atoms with Crippen LogP contribution in [0.2, 0.25) is 0 Å². The third kappa shape index (κ3) is 6.22. The minimum Gasteiger partial charge on any atom is -0.394 e. The van der Waals surface area contributed by atoms with Gasteiger partial charge in [-0.2, -0.15) is 0 Å². The number of amides is 1. The van der Waals surface area contributed by atoms with Crippen LogP contribution < -0.4 is 0 Å². The van der Waals surface area contributed by atoms with Gasteiger partial charge in [0.25, 0.3) is 5.92 Å². The molecular formula is C25H27F7N4O6S. The van der Waals surface area contributed by atoms with Crippen molar-refractivity contribution in [2.24, 2.45) is 0 Å². The van der Waals surface area contributed by atoms with Crippen molar-refractivity contribution in [1.29, 1.82) is 0 Å². The van der Waals surface area contributed by atoms with E-state index in [4.69, 9.17) is 4.74 Å². The second-order valence-corrected chi connectivity index (χ2v) is 12.3. The molecule has 43 heavy (non-hydrogen) atoms. The number of aliphatic hydroxyl groups is 4. The van der Waals surface area contributed by atoms with Gasteiger partial charge in [0, 0.05) is 18.4 Å². The highest BCUT2D eigenvalue weighted by atomic mass is 32.2.